The molecule has 2 aromatic rings. The number of nitro benzene ring substituents is 1. The second-order valence-corrected chi connectivity index (χ2v) is 6.43. The van der Waals surface area contributed by atoms with E-state index in [9.17, 15) is 28.5 Å². The Morgan fingerprint density at radius 1 is 1.03 bits per heavy atom. The molecule has 0 bridgehead atoms. The van der Waals surface area contributed by atoms with Crippen molar-refractivity contribution in [1.29, 1.82) is 0 Å². The first-order valence-electron chi connectivity index (χ1n) is 8.79. The van der Waals surface area contributed by atoms with Crippen molar-refractivity contribution in [3.8, 4) is 0 Å². The summed E-state index contributed by atoms with van der Waals surface area (Å²) >= 11 is 0. The maximum atomic E-state index is 13.3. The predicted molar refractivity (Wildman–Crippen MR) is 102 cm³/mol. The molecule has 3 amide bonds. The molecule has 2 aromatic carbocycles. The zero-order chi connectivity index (χ0) is 21.8. The van der Waals surface area contributed by atoms with E-state index in [1.165, 1.54) is 28.6 Å². The molecule has 1 saturated heterocycles. The van der Waals surface area contributed by atoms with E-state index in [0.29, 0.717) is 18.8 Å². The van der Waals surface area contributed by atoms with Crippen LogP contribution in [0.15, 0.2) is 36.4 Å². The summed E-state index contributed by atoms with van der Waals surface area (Å²) in [5.41, 5.74) is 1.57. The van der Waals surface area contributed by atoms with Crippen LogP contribution >= 0.6 is 0 Å². The Morgan fingerprint density at radius 2 is 1.73 bits per heavy atom. The van der Waals surface area contributed by atoms with Gasteiger partial charge in [-0.3, -0.25) is 20.1 Å². The number of halogens is 2. The SMILES string of the molecule is O=C(NO)c1cc([N+](=O)[O-])ccc1N1CCN(C(=O)Nc2ccc(F)c(F)c2)CC1. The van der Waals surface area contributed by atoms with Gasteiger partial charge in [0.1, 0.15) is 0 Å². The van der Waals surface area contributed by atoms with Gasteiger partial charge in [-0.1, -0.05) is 0 Å². The number of nitro groups is 1. The van der Waals surface area contributed by atoms with Crippen LogP contribution in [0.25, 0.3) is 0 Å². The van der Waals surface area contributed by atoms with Gasteiger partial charge in [-0.15, -0.1) is 0 Å². The van der Waals surface area contributed by atoms with Gasteiger partial charge < -0.3 is 15.1 Å². The third-order valence-electron chi connectivity index (χ3n) is 4.62. The van der Waals surface area contributed by atoms with Crippen LogP contribution < -0.4 is 15.7 Å². The minimum atomic E-state index is -1.08. The van der Waals surface area contributed by atoms with Crippen molar-refractivity contribution in [3.63, 3.8) is 0 Å². The molecule has 12 heteroatoms. The Balaban J connectivity index is 1.69. The second kappa shape index (κ2) is 8.69. The number of piperazine rings is 1. The monoisotopic (exact) mass is 421 g/mol. The number of carbonyl (C=O) groups excluding carboxylic acids is 2. The summed E-state index contributed by atoms with van der Waals surface area (Å²) in [6, 6.07) is 6.22. The molecule has 0 saturated carbocycles. The van der Waals surface area contributed by atoms with Gasteiger partial charge in [0.2, 0.25) is 0 Å². The number of hydrogen-bond acceptors (Lipinski definition) is 6. The zero-order valence-corrected chi connectivity index (χ0v) is 15.5. The van der Waals surface area contributed by atoms with Gasteiger partial charge in [0, 0.05) is 50.1 Å². The molecule has 1 aliphatic rings. The summed E-state index contributed by atoms with van der Waals surface area (Å²) in [7, 11) is 0. The molecule has 1 aliphatic heterocycles. The normalized spacial score (nSPS) is 13.7. The van der Waals surface area contributed by atoms with Crippen molar-refractivity contribution in [2.45, 2.75) is 0 Å². The number of anilines is 2. The van der Waals surface area contributed by atoms with Crippen molar-refractivity contribution in [2.24, 2.45) is 0 Å². The van der Waals surface area contributed by atoms with Crippen molar-refractivity contribution in [2.75, 3.05) is 36.4 Å². The minimum absolute atomic E-state index is 0.0774. The number of nitrogens with zero attached hydrogens (tertiary/aromatic N) is 3. The standard InChI is InChI=1S/C18H17F2N5O5/c19-14-3-1-11(9-15(14)20)21-18(27)24-7-5-23(6-8-24)16-4-2-12(25(29)30)10-13(16)17(26)22-28/h1-4,9-10,28H,5-8H2,(H,21,27)(H,22,26). The number of hydrogen-bond donors (Lipinski definition) is 3. The molecule has 1 fully saturated rings. The van der Waals surface area contributed by atoms with E-state index < -0.39 is 28.5 Å². The highest BCUT2D eigenvalue weighted by Crippen LogP contribution is 2.27. The van der Waals surface area contributed by atoms with Crippen molar-refractivity contribution in [3.05, 3.63) is 63.7 Å². The minimum Gasteiger partial charge on any atom is -0.367 e. The lowest BCUT2D eigenvalue weighted by Gasteiger charge is -2.36. The van der Waals surface area contributed by atoms with Crippen LogP contribution in [-0.2, 0) is 0 Å². The lowest BCUT2D eigenvalue weighted by Crippen LogP contribution is -2.50. The number of rotatable bonds is 4. The number of amides is 3. The van der Waals surface area contributed by atoms with E-state index in [4.69, 9.17) is 5.21 Å². The lowest BCUT2D eigenvalue weighted by atomic mass is 10.1. The third kappa shape index (κ3) is 4.43. The second-order valence-electron chi connectivity index (χ2n) is 6.43. The quantitative estimate of drug-likeness (QED) is 0.395. The number of nitrogens with one attached hydrogen (secondary N) is 2. The molecule has 158 valence electrons. The zero-order valence-electron chi connectivity index (χ0n) is 15.5. The molecule has 30 heavy (non-hydrogen) atoms. The van der Waals surface area contributed by atoms with Crippen LogP contribution in [0, 0.1) is 21.7 Å². The first kappa shape index (κ1) is 20.9. The Morgan fingerprint density at radius 3 is 2.33 bits per heavy atom. The molecule has 0 unspecified atom stereocenters. The maximum Gasteiger partial charge on any atom is 0.321 e. The summed E-state index contributed by atoms with van der Waals surface area (Å²) in [5, 5.41) is 22.4. The van der Waals surface area contributed by atoms with Crippen LogP contribution in [0.4, 0.5) is 30.6 Å². The van der Waals surface area contributed by atoms with E-state index in [2.05, 4.69) is 5.32 Å². The molecule has 0 radical (unpaired) electrons. The maximum absolute atomic E-state index is 13.3. The average Bonchev–Trinajstić information content (AvgIpc) is 2.75. The first-order valence-corrected chi connectivity index (χ1v) is 8.79. The smallest absolute Gasteiger partial charge is 0.321 e. The van der Waals surface area contributed by atoms with Gasteiger partial charge in [-0.25, -0.2) is 19.1 Å². The molecule has 3 N–H and O–H groups in total. The van der Waals surface area contributed by atoms with E-state index >= 15 is 0 Å². The summed E-state index contributed by atoms with van der Waals surface area (Å²) in [6.45, 7) is 1.09. The fraction of sp³-hybridized carbons (Fsp3) is 0.222. The first-order chi connectivity index (χ1) is 14.3. The largest absolute Gasteiger partial charge is 0.367 e. The topological polar surface area (TPSA) is 128 Å². The molecule has 1 heterocycles. The summed E-state index contributed by atoms with van der Waals surface area (Å²) < 4.78 is 26.3. The number of carbonyl (C=O) groups is 2. The lowest BCUT2D eigenvalue weighted by molar-refractivity contribution is -0.384. The fourth-order valence-corrected chi connectivity index (χ4v) is 3.08. The van der Waals surface area contributed by atoms with Crippen molar-refractivity contribution >= 4 is 29.0 Å². The fourth-order valence-electron chi connectivity index (χ4n) is 3.08. The highest BCUT2D eigenvalue weighted by molar-refractivity contribution is 6.00. The van der Waals surface area contributed by atoms with Crippen molar-refractivity contribution in [1.82, 2.24) is 10.4 Å². The van der Waals surface area contributed by atoms with Crippen LogP contribution in [0.1, 0.15) is 10.4 Å². The molecule has 3 rings (SSSR count). The third-order valence-corrected chi connectivity index (χ3v) is 4.62. The van der Waals surface area contributed by atoms with Crippen LogP contribution in [-0.4, -0.2) is 53.1 Å². The van der Waals surface area contributed by atoms with Gasteiger partial charge in [-0.2, -0.15) is 0 Å². The number of benzene rings is 2. The molecule has 0 aromatic heterocycles. The van der Waals surface area contributed by atoms with Crippen molar-refractivity contribution < 1.29 is 28.5 Å². The Labute approximate surface area is 168 Å². The van der Waals surface area contributed by atoms with Gasteiger partial charge in [-0.05, 0) is 18.2 Å². The van der Waals surface area contributed by atoms with E-state index in [-0.39, 0.29) is 30.0 Å². The van der Waals surface area contributed by atoms with E-state index in [1.807, 2.05) is 0 Å². The molecule has 10 nitrogen and oxygen atoms in total. The molecule has 0 aliphatic carbocycles. The number of non-ortho nitro benzene ring substituents is 1. The van der Waals surface area contributed by atoms with E-state index in [0.717, 1.165) is 18.2 Å². The van der Waals surface area contributed by atoms with Gasteiger partial charge in [0.15, 0.2) is 11.6 Å². The highest BCUT2D eigenvalue weighted by Gasteiger charge is 2.26. The number of hydroxylamine groups is 1. The van der Waals surface area contributed by atoms with Crippen LogP contribution in [0.3, 0.4) is 0 Å². The van der Waals surface area contributed by atoms with Gasteiger partial charge in [0.25, 0.3) is 11.6 Å². The summed E-state index contributed by atoms with van der Waals surface area (Å²) in [6.07, 6.45) is 0. The average molecular weight is 421 g/mol. The van der Waals surface area contributed by atoms with Crippen LogP contribution in [0.5, 0.6) is 0 Å². The molecular weight excluding hydrogens is 404 g/mol. The number of urea groups is 1. The molecule has 0 spiro atoms. The molecule has 0 atom stereocenters. The summed E-state index contributed by atoms with van der Waals surface area (Å²) in [5.74, 6) is -3.00. The Kier molecular flexibility index (Phi) is 6.06. The predicted octanol–water partition coefficient (Wildman–Crippen LogP) is 2.35. The van der Waals surface area contributed by atoms with Gasteiger partial charge in [0.05, 0.1) is 16.2 Å². The summed E-state index contributed by atoms with van der Waals surface area (Å²) in [4.78, 5) is 37.8. The highest BCUT2D eigenvalue weighted by atomic mass is 19.2. The molecular formula is C18H17F2N5O5. The Bertz CT molecular complexity index is 995. The van der Waals surface area contributed by atoms with Crippen LogP contribution in [0.2, 0.25) is 0 Å². The Hall–Kier alpha value is -3.80. The van der Waals surface area contributed by atoms with Gasteiger partial charge >= 0.3 is 6.03 Å². The van der Waals surface area contributed by atoms with E-state index in [1.54, 1.807) is 4.90 Å².